The molecule has 3 aromatic carbocycles. The molecule has 0 saturated carbocycles. The number of ether oxygens (including phenoxy) is 2. The fourth-order valence-electron chi connectivity index (χ4n) is 4.95. The number of anilines is 1. The predicted molar refractivity (Wildman–Crippen MR) is 136 cm³/mol. The topological polar surface area (TPSA) is 50.7 Å². The van der Waals surface area contributed by atoms with Crippen LogP contribution in [0.4, 0.5) is 5.69 Å². The zero-order valence-corrected chi connectivity index (χ0v) is 20.0. The second kappa shape index (κ2) is 7.45. The van der Waals surface area contributed by atoms with Crippen molar-refractivity contribution in [1.29, 1.82) is 0 Å². The van der Waals surface area contributed by atoms with Crippen molar-refractivity contribution in [2.24, 2.45) is 0 Å². The van der Waals surface area contributed by atoms with Crippen molar-refractivity contribution < 1.29 is 14.6 Å². The van der Waals surface area contributed by atoms with Crippen molar-refractivity contribution in [2.45, 2.75) is 40.2 Å². The average Bonchev–Trinajstić information content (AvgIpc) is 2.75. The maximum absolute atomic E-state index is 10.5. The SMILES string of the molecule is COc1c(O)ccc2c1-c1ccc3c(c1/C(=C/c1ccc(C)c(C)c1)O2)C(C)=CC(C)(C)N3. The zero-order chi connectivity index (χ0) is 23.5. The number of phenolic OH excluding ortho intramolecular Hbond substituents is 1. The number of hydrogen-bond acceptors (Lipinski definition) is 4. The summed E-state index contributed by atoms with van der Waals surface area (Å²) in [6.45, 7) is 10.7. The van der Waals surface area contributed by atoms with E-state index in [-0.39, 0.29) is 11.3 Å². The Bertz CT molecular complexity index is 1360. The summed E-state index contributed by atoms with van der Waals surface area (Å²) in [5.74, 6) is 1.96. The van der Waals surface area contributed by atoms with Crippen LogP contribution in [-0.2, 0) is 0 Å². The summed E-state index contributed by atoms with van der Waals surface area (Å²) in [4.78, 5) is 0. The molecule has 0 atom stereocenters. The van der Waals surface area contributed by atoms with Crippen LogP contribution in [0.5, 0.6) is 17.2 Å². The highest BCUT2D eigenvalue weighted by atomic mass is 16.5. The molecule has 0 spiro atoms. The standard InChI is InChI=1S/C29H29NO3/c1-16-7-8-19(13-17(16)2)14-24-26-20(27-23(33-24)12-11-22(31)28(27)32-6)9-10-21-25(26)18(3)15-29(4,5)30-21/h7-15,30-31H,1-6H3/b24-14-. The van der Waals surface area contributed by atoms with Gasteiger partial charge in [0.15, 0.2) is 11.5 Å². The minimum absolute atomic E-state index is 0.0941. The summed E-state index contributed by atoms with van der Waals surface area (Å²) in [5.41, 5.74) is 9.54. The number of benzene rings is 3. The van der Waals surface area contributed by atoms with Gasteiger partial charge >= 0.3 is 0 Å². The summed E-state index contributed by atoms with van der Waals surface area (Å²) in [7, 11) is 1.57. The van der Waals surface area contributed by atoms with Crippen LogP contribution in [0.15, 0.2) is 48.5 Å². The molecule has 2 aliphatic heterocycles. The molecule has 33 heavy (non-hydrogen) atoms. The van der Waals surface area contributed by atoms with E-state index in [2.05, 4.69) is 82.4 Å². The molecule has 0 bridgehead atoms. The molecular formula is C29H29NO3. The van der Waals surface area contributed by atoms with Crippen LogP contribution in [0.1, 0.15) is 48.6 Å². The second-order valence-corrected chi connectivity index (χ2v) is 9.53. The Kier molecular flexibility index (Phi) is 4.78. The Balaban J connectivity index is 1.83. The average molecular weight is 440 g/mol. The van der Waals surface area contributed by atoms with Gasteiger partial charge in [-0.15, -0.1) is 0 Å². The van der Waals surface area contributed by atoms with Crippen molar-refractivity contribution in [1.82, 2.24) is 0 Å². The Labute approximate surface area is 195 Å². The number of hydrogen-bond donors (Lipinski definition) is 2. The van der Waals surface area contributed by atoms with E-state index in [1.807, 2.05) is 0 Å². The lowest BCUT2D eigenvalue weighted by molar-refractivity contribution is 0.371. The fraction of sp³-hybridized carbons (Fsp3) is 0.241. The van der Waals surface area contributed by atoms with Crippen LogP contribution in [0, 0.1) is 13.8 Å². The summed E-state index contributed by atoms with van der Waals surface area (Å²) < 4.78 is 12.1. The van der Waals surface area contributed by atoms with Crippen LogP contribution in [0.25, 0.3) is 28.5 Å². The molecule has 2 aliphatic rings. The quantitative estimate of drug-likeness (QED) is 0.444. The van der Waals surface area contributed by atoms with E-state index >= 15 is 0 Å². The highest BCUT2D eigenvalue weighted by molar-refractivity contribution is 6.02. The number of allylic oxidation sites excluding steroid dienone is 1. The lowest BCUT2D eigenvalue weighted by atomic mass is 9.82. The molecule has 4 nitrogen and oxygen atoms in total. The van der Waals surface area contributed by atoms with Gasteiger partial charge in [-0.1, -0.05) is 30.3 Å². The van der Waals surface area contributed by atoms with E-state index in [0.717, 1.165) is 39.3 Å². The van der Waals surface area contributed by atoms with E-state index in [9.17, 15) is 5.11 Å². The normalized spacial score (nSPS) is 16.7. The Morgan fingerprint density at radius 2 is 1.73 bits per heavy atom. The first kappa shape index (κ1) is 21.2. The van der Waals surface area contributed by atoms with E-state index in [1.54, 1.807) is 19.2 Å². The minimum Gasteiger partial charge on any atom is -0.504 e. The molecule has 0 unspecified atom stereocenters. The van der Waals surface area contributed by atoms with Gasteiger partial charge in [0.1, 0.15) is 11.5 Å². The lowest BCUT2D eigenvalue weighted by Crippen LogP contribution is -2.32. The maximum atomic E-state index is 10.5. The number of fused-ring (bicyclic) bond motifs is 5. The first-order valence-electron chi connectivity index (χ1n) is 11.2. The second-order valence-electron chi connectivity index (χ2n) is 9.53. The number of rotatable bonds is 2. The van der Waals surface area contributed by atoms with Gasteiger partial charge in [-0.05, 0) is 81.2 Å². The molecule has 4 heteroatoms. The molecule has 5 rings (SSSR count). The van der Waals surface area contributed by atoms with Gasteiger partial charge in [-0.3, -0.25) is 0 Å². The third-order valence-electron chi connectivity index (χ3n) is 6.50. The van der Waals surface area contributed by atoms with Gasteiger partial charge < -0.3 is 19.9 Å². The van der Waals surface area contributed by atoms with Gasteiger partial charge in [0, 0.05) is 22.4 Å². The molecule has 0 aromatic heterocycles. The fourth-order valence-corrected chi connectivity index (χ4v) is 4.95. The minimum atomic E-state index is -0.146. The molecule has 0 saturated heterocycles. The maximum Gasteiger partial charge on any atom is 0.172 e. The summed E-state index contributed by atoms with van der Waals surface area (Å²) in [6.07, 6.45) is 4.35. The third kappa shape index (κ3) is 3.46. The predicted octanol–water partition coefficient (Wildman–Crippen LogP) is 7.18. The molecule has 2 heterocycles. The van der Waals surface area contributed by atoms with Crippen LogP contribution >= 0.6 is 0 Å². The van der Waals surface area contributed by atoms with Gasteiger partial charge in [0.25, 0.3) is 0 Å². The molecule has 0 fully saturated rings. The highest BCUT2D eigenvalue weighted by Crippen LogP contribution is 2.54. The van der Waals surface area contributed by atoms with Crippen molar-refractivity contribution in [3.8, 4) is 28.4 Å². The van der Waals surface area contributed by atoms with E-state index < -0.39 is 0 Å². The first-order chi connectivity index (χ1) is 15.7. The number of aryl methyl sites for hydroxylation is 2. The van der Waals surface area contributed by atoms with Gasteiger partial charge in [0.2, 0.25) is 0 Å². The molecule has 0 amide bonds. The molecule has 2 N–H and O–H groups in total. The zero-order valence-electron chi connectivity index (χ0n) is 20.0. The van der Waals surface area contributed by atoms with Gasteiger partial charge in [-0.2, -0.15) is 0 Å². The molecule has 3 aromatic rings. The largest absolute Gasteiger partial charge is 0.504 e. The molecular weight excluding hydrogens is 410 g/mol. The molecule has 0 aliphatic carbocycles. The van der Waals surface area contributed by atoms with Crippen molar-refractivity contribution >= 4 is 23.1 Å². The van der Waals surface area contributed by atoms with Crippen LogP contribution in [0.2, 0.25) is 0 Å². The van der Waals surface area contributed by atoms with Crippen LogP contribution < -0.4 is 14.8 Å². The number of methoxy groups -OCH3 is 1. The number of aromatic hydroxyl groups is 1. The Morgan fingerprint density at radius 1 is 0.939 bits per heavy atom. The Morgan fingerprint density at radius 3 is 2.45 bits per heavy atom. The van der Waals surface area contributed by atoms with Crippen LogP contribution in [-0.4, -0.2) is 17.8 Å². The summed E-state index contributed by atoms with van der Waals surface area (Å²) in [6, 6.07) is 14.0. The molecule has 0 radical (unpaired) electrons. The third-order valence-corrected chi connectivity index (χ3v) is 6.50. The van der Waals surface area contributed by atoms with Crippen molar-refractivity contribution in [3.63, 3.8) is 0 Å². The monoisotopic (exact) mass is 439 g/mol. The Hall–Kier alpha value is -3.66. The van der Waals surface area contributed by atoms with E-state index in [1.165, 1.54) is 16.7 Å². The number of nitrogens with one attached hydrogen (secondary N) is 1. The van der Waals surface area contributed by atoms with E-state index in [0.29, 0.717) is 11.5 Å². The first-order valence-corrected chi connectivity index (χ1v) is 11.2. The lowest BCUT2D eigenvalue weighted by Gasteiger charge is -2.35. The number of phenols is 1. The smallest absolute Gasteiger partial charge is 0.172 e. The van der Waals surface area contributed by atoms with Gasteiger partial charge in [-0.25, -0.2) is 0 Å². The van der Waals surface area contributed by atoms with Crippen molar-refractivity contribution in [2.75, 3.05) is 12.4 Å². The highest BCUT2D eigenvalue weighted by Gasteiger charge is 2.33. The molecule has 168 valence electrons. The van der Waals surface area contributed by atoms with E-state index in [4.69, 9.17) is 9.47 Å². The van der Waals surface area contributed by atoms with Gasteiger partial charge in [0.05, 0.1) is 18.2 Å². The summed E-state index contributed by atoms with van der Waals surface area (Å²) in [5, 5.41) is 14.1. The van der Waals surface area contributed by atoms with Crippen LogP contribution in [0.3, 0.4) is 0 Å². The van der Waals surface area contributed by atoms with Crippen molar-refractivity contribution in [3.05, 3.63) is 76.4 Å². The summed E-state index contributed by atoms with van der Waals surface area (Å²) >= 11 is 0.